The molecule has 2 N–H and O–H groups in total. The van der Waals surface area contributed by atoms with E-state index >= 15 is 0 Å². The van der Waals surface area contributed by atoms with E-state index in [0.29, 0.717) is 6.04 Å². The van der Waals surface area contributed by atoms with E-state index in [0.717, 1.165) is 31.6 Å². The van der Waals surface area contributed by atoms with Crippen molar-refractivity contribution in [3.8, 4) is 5.75 Å². The van der Waals surface area contributed by atoms with E-state index in [2.05, 4.69) is 24.3 Å². The third kappa shape index (κ3) is 2.59. The zero-order valence-corrected chi connectivity index (χ0v) is 10.8. The van der Waals surface area contributed by atoms with Crippen LogP contribution in [0.3, 0.4) is 0 Å². The van der Waals surface area contributed by atoms with Crippen molar-refractivity contribution in [3.63, 3.8) is 0 Å². The molecule has 0 aromatic heterocycles. The van der Waals surface area contributed by atoms with Gasteiger partial charge in [-0.1, -0.05) is 23.8 Å². The van der Waals surface area contributed by atoms with E-state index < -0.39 is 0 Å². The van der Waals surface area contributed by atoms with Gasteiger partial charge in [0.15, 0.2) is 0 Å². The zero-order chi connectivity index (χ0) is 12.4. The van der Waals surface area contributed by atoms with Crippen molar-refractivity contribution in [1.82, 2.24) is 0 Å². The van der Waals surface area contributed by atoms with Crippen molar-refractivity contribution < 1.29 is 4.74 Å². The molecule has 0 amide bonds. The first-order chi connectivity index (χ1) is 8.81. The molecule has 1 aromatic carbocycles. The Morgan fingerprint density at radius 2 is 2.28 bits per heavy atom. The van der Waals surface area contributed by atoms with Gasteiger partial charge in [0.1, 0.15) is 5.75 Å². The number of fused-ring (bicyclic) bond motifs is 1. The zero-order valence-electron chi connectivity index (χ0n) is 10.8. The maximum atomic E-state index is 6.01. The Balaban J connectivity index is 1.67. The summed E-state index contributed by atoms with van der Waals surface area (Å²) in [7, 11) is 0. The van der Waals surface area contributed by atoms with Gasteiger partial charge in [-0.25, -0.2) is 0 Å². The van der Waals surface area contributed by atoms with Crippen molar-refractivity contribution >= 4 is 0 Å². The number of rotatable bonds is 2. The quantitative estimate of drug-likeness (QED) is 0.810. The van der Waals surface area contributed by atoms with Crippen molar-refractivity contribution in [2.24, 2.45) is 5.73 Å². The first-order valence-corrected chi connectivity index (χ1v) is 6.99. The van der Waals surface area contributed by atoms with Crippen LogP contribution in [0.1, 0.15) is 36.8 Å². The van der Waals surface area contributed by atoms with E-state index in [9.17, 15) is 0 Å². The van der Waals surface area contributed by atoms with Crippen LogP contribution in [-0.2, 0) is 12.8 Å². The smallest absolute Gasteiger partial charge is 0.122 e. The topological polar surface area (TPSA) is 35.2 Å². The fourth-order valence-corrected chi connectivity index (χ4v) is 2.95. The fraction of sp³-hybridized carbons (Fsp3) is 0.500. The van der Waals surface area contributed by atoms with Gasteiger partial charge in [-0.3, -0.25) is 0 Å². The molecule has 18 heavy (non-hydrogen) atoms. The fourth-order valence-electron chi connectivity index (χ4n) is 2.95. The van der Waals surface area contributed by atoms with Crippen LogP contribution >= 0.6 is 0 Å². The monoisotopic (exact) mass is 243 g/mol. The van der Waals surface area contributed by atoms with Crippen LogP contribution in [0.2, 0.25) is 0 Å². The average Bonchev–Trinajstić information content (AvgIpc) is 2.84. The molecule has 0 saturated heterocycles. The summed E-state index contributed by atoms with van der Waals surface area (Å²) in [6, 6.07) is 6.98. The summed E-state index contributed by atoms with van der Waals surface area (Å²) in [5, 5.41) is 0. The van der Waals surface area contributed by atoms with Gasteiger partial charge >= 0.3 is 0 Å². The predicted octanol–water partition coefficient (Wildman–Crippen LogP) is 2.99. The van der Waals surface area contributed by atoms with Crippen LogP contribution in [0.15, 0.2) is 29.8 Å². The largest absolute Gasteiger partial charge is 0.493 e. The van der Waals surface area contributed by atoms with Gasteiger partial charge < -0.3 is 10.5 Å². The molecule has 2 aliphatic rings. The number of allylic oxidation sites excluding steroid dienone is 1. The molecule has 0 bridgehead atoms. The Labute approximate surface area is 109 Å². The van der Waals surface area contributed by atoms with Crippen LogP contribution in [0, 0.1) is 0 Å². The summed E-state index contributed by atoms with van der Waals surface area (Å²) < 4.78 is 5.53. The summed E-state index contributed by atoms with van der Waals surface area (Å²) in [6.07, 6.45) is 9.25. The molecule has 0 spiro atoms. The highest BCUT2D eigenvalue weighted by Gasteiger charge is 2.13. The molecule has 3 rings (SSSR count). The first kappa shape index (κ1) is 11.8. The SMILES string of the molecule is NC1CCCC(=CCc2ccc3c(c2)CCO3)C1. The highest BCUT2D eigenvalue weighted by atomic mass is 16.5. The number of nitrogens with two attached hydrogens (primary N) is 1. The first-order valence-electron chi connectivity index (χ1n) is 6.99. The lowest BCUT2D eigenvalue weighted by atomic mass is 9.90. The van der Waals surface area contributed by atoms with Crippen molar-refractivity contribution in [2.75, 3.05) is 6.61 Å². The second-order valence-electron chi connectivity index (χ2n) is 5.46. The van der Waals surface area contributed by atoms with Gasteiger partial charge in [0.25, 0.3) is 0 Å². The number of hydrogen-bond donors (Lipinski definition) is 1. The van der Waals surface area contributed by atoms with Crippen molar-refractivity contribution in [2.45, 2.75) is 44.6 Å². The molecule has 2 nitrogen and oxygen atoms in total. The predicted molar refractivity (Wildman–Crippen MR) is 73.9 cm³/mol. The van der Waals surface area contributed by atoms with Crippen LogP contribution < -0.4 is 10.5 Å². The normalized spacial score (nSPS) is 24.9. The highest BCUT2D eigenvalue weighted by Crippen LogP contribution is 2.27. The van der Waals surface area contributed by atoms with Crippen molar-refractivity contribution in [1.29, 1.82) is 0 Å². The van der Waals surface area contributed by atoms with E-state index in [4.69, 9.17) is 10.5 Å². The minimum Gasteiger partial charge on any atom is -0.493 e. The lowest BCUT2D eigenvalue weighted by Gasteiger charge is -2.20. The molecule has 2 heteroatoms. The Hall–Kier alpha value is -1.28. The molecular formula is C16H21NO. The van der Waals surface area contributed by atoms with Gasteiger partial charge in [0.2, 0.25) is 0 Å². The molecule has 1 heterocycles. The van der Waals surface area contributed by atoms with Crippen LogP contribution in [0.5, 0.6) is 5.75 Å². The van der Waals surface area contributed by atoms with E-state index in [1.54, 1.807) is 5.57 Å². The van der Waals surface area contributed by atoms with Gasteiger partial charge in [0.05, 0.1) is 6.61 Å². The Morgan fingerprint density at radius 3 is 3.17 bits per heavy atom. The third-order valence-corrected chi connectivity index (χ3v) is 3.98. The standard InChI is InChI=1S/C16H21NO/c17-15-3-1-2-12(11-15)4-5-13-6-7-16-14(10-13)8-9-18-16/h4,6-7,10,15H,1-3,5,8-9,11,17H2. The van der Waals surface area contributed by atoms with Crippen LogP contribution in [-0.4, -0.2) is 12.6 Å². The molecule has 96 valence electrons. The Bertz CT molecular complexity index is 464. The summed E-state index contributed by atoms with van der Waals surface area (Å²) in [5.41, 5.74) is 10.3. The summed E-state index contributed by atoms with van der Waals surface area (Å²) in [5.74, 6) is 1.08. The summed E-state index contributed by atoms with van der Waals surface area (Å²) >= 11 is 0. The number of ether oxygens (including phenoxy) is 1. The van der Waals surface area contributed by atoms with Gasteiger partial charge in [-0.2, -0.15) is 0 Å². The molecular weight excluding hydrogens is 222 g/mol. The molecule has 1 aliphatic heterocycles. The summed E-state index contributed by atoms with van der Waals surface area (Å²) in [6.45, 7) is 0.842. The molecule has 1 atom stereocenters. The van der Waals surface area contributed by atoms with Crippen molar-refractivity contribution in [3.05, 3.63) is 41.0 Å². The minimum absolute atomic E-state index is 0.387. The minimum atomic E-state index is 0.387. The second kappa shape index (κ2) is 5.15. The number of benzene rings is 1. The molecule has 1 aromatic rings. The summed E-state index contributed by atoms with van der Waals surface area (Å²) in [4.78, 5) is 0. The lowest BCUT2D eigenvalue weighted by molar-refractivity contribution is 0.357. The van der Waals surface area contributed by atoms with E-state index in [1.807, 2.05) is 0 Å². The Kier molecular flexibility index (Phi) is 3.37. The number of hydrogen-bond acceptors (Lipinski definition) is 2. The molecule has 1 saturated carbocycles. The average molecular weight is 243 g/mol. The second-order valence-corrected chi connectivity index (χ2v) is 5.46. The lowest BCUT2D eigenvalue weighted by Crippen LogP contribution is -2.23. The molecule has 0 radical (unpaired) electrons. The molecule has 1 unspecified atom stereocenters. The van der Waals surface area contributed by atoms with Crippen LogP contribution in [0.4, 0.5) is 0 Å². The van der Waals surface area contributed by atoms with Gasteiger partial charge in [0, 0.05) is 12.5 Å². The maximum Gasteiger partial charge on any atom is 0.122 e. The highest BCUT2D eigenvalue weighted by molar-refractivity contribution is 5.40. The maximum absolute atomic E-state index is 6.01. The molecule has 1 fully saturated rings. The van der Waals surface area contributed by atoms with Gasteiger partial charge in [-0.15, -0.1) is 0 Å². The Morgan fingerprint density at radius 1 is 1.33 bits per heavy atom. The molecule has 1 aliphatic carbocycles. The van der Waals surface area contributed by atoms with E-state index in [1.165, 1.54) is 30.4 Å². The van der Waals surface area contributed by atoms with Gasteiger partial charge in [-0.05, 0) is 49.3 Å². The van der Waals surface area contributed by atoms with E-state index in [-0.39, 0.29) is 0 Å². The van der Waals surface area contributed by atoms with Crippen LogP contribution in [0.25, 0.3) is 0 Å². The third-order valence-electron chi connectivity index (χ3n) is 3.98.